The van der Waals surface area contributed by atoms with Crippen LogP contribution in [-0.2, 0) is 16.1 Å². The third kappa shape index (κ3) is 4.60. The molecule has 0 bridgehead atoms. The normalized spacial score (nSPS) is 10.4. The van der Waals surface area contributed by atoms with Gasteiger partial charge < -0.3 is 19.2 Å². The minimum Gasteiger partial charge on any atom is -0.493 e. The van der Waals surface area contributed by atoms with Gasteiger partial charge in [0, 0.05) is 0 Å². The SMILES string of the molecule is COc1ccc(/C=N\NC(=O)C(=O)NCc2ccco2)cc1OC. The first-order chi connectivity index (χ1) is 11.6. The van der Waals surface area contributed by atoms with E-state index < -0.39 is 11.8 Å². The molecule has 0 spiro atoms. The van der Waals surface area contributed by atoms with E-state index in [0.29, 0.717) is 22.8 Å². The fourth-order valence-electron chi connectivity index (χ4n) is 1.81. The molecule has 0 aliphatic heterocycles. The number of nitrogens with one attached hydrogen (secondary N) is 2. The Bertz CT molecular complexity index is 725. The van der Waals surface area contributed by atoms with Gasteiger partial charge in [0.25, 0.3) is 0 Å². The largest absolute Gasteiger partial charge is 0.493 e. The molecule has 2 rings (SSSR count). The first kappa shape index (κ1) is 17.1. The number of furan rings is 1. The Hall–Kier alpha value is -3.29. The summed E-state index contributed by atoms with van der Waals surface area (Å²) in [6.07, 6.45) is 2.87. The molecule has 0 saturated heterocycles. The molecule has 2 N–H and O–H groups in total. The summed E-state index contributed by atoms with van der Waals surface area (Å²) in [6.45, 7) is 0.124. The number of carbonyl (C=O) groups excluding carboxylic acids is 2. The topological polar surface area (TPSA) is 102 Å². The van der Waals surface area contributed by atoms with Crippen LogP contribution in [-0.4, -0.2) is 32.2 Å². The zero-order chi connectivity index (χ0) is 17.4. The Labute approximate surface area is 138 Å². The van der Waals surface area contributed by atoms with Gasteiger partial charge in [-0.2, -0.15) is 5.10 Å². The van der Waals surface area contributed by atoms with E-state index in [-0.39, 0.29) is 6.54 Å². The maximum atomic E-state index is 11.6. The summed E-state index contributed by atoms with van der Waals surface area (Å²) >= 11 is 0. The second-order valence-corrected chi connectivity index (χ2v) is 4.58. The Morgan fingerprint density at radius 1 is 1.17 bits per heavy atom. The fraction of sp³-hybridized carbons (Fsp3) is 0.188. The number of hydrogen-bond acceptors (Lipinski definition) is 6. The van der Waals surface area contributed by atoms with Crippen LogP contribution in [0.25, 0.3) is 0 Å². The van der Waals surface area contributed by atoms with Crippen LogP contribution in [0.15, 0.2) is 46.1 Å². The number of benzene rings is 1. The number of hydrazone groups is 1. The van der Waals surface area contributed by atoms with Gasteiger partial charge in [-0.05, 0) is 35.9 Å². The summed E-state index contributed by atoms with van der Waals surface area (Å²) in [5.41, 5.74) is 2.81. The minimum atomic E-state index is -0.877. The third-order valence-corrected chi connectivity index (χ3v) is 3.00. The molecule has 8 nitrogen and oxygen atoms in total. The van der Waals surface area contributed by atoms with Crippen LogP contribution < -0.4 is 20.2 Å². The summed E-state index contributed by atoms with van der Waals surface area (Å²) in [7, 11) is 3.05. The van der Waals surface area contributed by atoms with Crippen molar-refractivity contribution >= 4 is 18.0 Å². The van der Waals surface area contributed by atoms with E-state index in [4.69, 9.17) is 13.9 Å². The standard InChI is InChI=1S/C16H17N3O5/c1-22-13-6-5-11(8-14(13)23-2)9-18-19-16(21)15(20)17-10-12-4-3-7-24-12/h3-9H,10H2,1-2H3,(H,17,20)(H,19,21)/b18-9-. The predicted molar refractivity (Wildman–Crippen MR) is 85.8 cm³/mol. The lowest BCUT2D eigenvalue weighted by Gasteiger charge is -2.07. The maximum Gasteiger partial charge on any atom is 0.329 e. The molecule has 0 radical (unpaired) electrons. The van der Waals surface area contributed by atoms with Crippen LogP contribution in [0.1, 0.15) is 11.3 Å². The van der Waals surface area contributed by atoms with Gasteiger partial charge >= 0.3 is 11.8 Å². The van der Waals surface area contributed by atoms with Crippen molar-refractivity contribution in [1.29, 1.82) is 0 Å². The van der Waals surface area contributed by atoms with Gasteiger partial charge in [0.05, 0.1) is 33.2 Å². The van der Waals surface area contributed by atoms with Gasteiger partial charge in [0.1, 0.15) is 5.76 Å². The number of hydrogen-bond donors (Lipinski definition) is 2. The smallest absolute Gasteiger partial charge is 0.329 e. The summed E-state index contributed by atoms with van der Waals surface area (Å²) in [6, 6.07) is 8.50. The van der Waals surface area contributed by atoms with Crippen molar-refractivity contribution in [2.24, 2.45) is 5.10 Å². The van der Waals surface area contributed by atoms with E-state index >= 15 is 0 Å². The number of carbonyl (C=O) groups is 2. The molecule has 126 valence electrons. The van der Waals surface area contributed by atoms with Crippen LogP contribution in [0, 0.1) is 0 Å². The minimum absolute atomic E-state index is 0.124. The highest BCUT2D eigenvalue weighted by Gasteiger charge is 2.12. The van der Waals surface area contributed by atoms with Crippen molar-refractivity contribution in [3.8, 4) is 11.5 Å². The molecular weight excluding hydrogens is 314 g/mol. The van der Waals surface area contributed by atoms with Crippen molar-refractivity contribution in [1.82, 2.24) is 10.7 Å². The average Bonchev–Trinajstić information content (AvgIpc) is 3.12. The van der Waals surface area contributed by atoms with E-state index in [1.165, 1.54) is 26.7 Å². The molecule has 0 atom stereocenters. The number of nitrogens with zero attached hydrogens (tertiary/aromatic N) is 1. The van der Waals surface area contributed by atoms with Gasteiger partial charge in [-0.15, -0.1) is 0 Å². The lowest BCUT2D eigenvalue weighted by Crippen LogP contribution is -2.37. The fourth-order valence-corrected chi connectivity index (χ4v) is 1.81. The molecule has 24 heavy (non-hydrogen) atoms. The van der Waals surface area contributed by atoms with Crippen LogP contribution in [0.2, 0.25) is 0 Å². The highest BCUT2D eigenvalue weighted by atomic mass is 16.5. The quantitative estimate of drug-likeness (QED) is 0.468. The molecule has 2 aromatic rings. The van der Waals surface area contributed by atoms with Gasteiger partial charge in [-0.3, -0.25) is 9.59 Å². The Balaban J connectivity index is 1.86. The summed E-state index contributed by atoms with van der Waals surface area (Å²) in [4.78, 5) is 23.2. The summed E-state index contributed by atoms with van der Waals surface area (Å²) in [5.74, 6) is -0.0286. The molecule has 0 fully saturated rings. The molecular formula is C16H17N3O5. The molecule has 0 aliphatic rings. The molecule has 0 saturated carbocycles. The average molecular weight is 331 g/mol. The zero-order valence-corrected chi connectivity index (χ0v) is 13.2. The number of amides is 2. The predicted octanol–water partition coefficient (Wildman–Crippen LogP) is 1.06. The van der Waals surface area contributed by atoms with Crippen molar-refractivity contribution < 1.29 is 23.5 Å². The first-order valence-corrected chi connectivity index (χ1v) is 6.99. The van der Waals surface area contributed by atoms with E-state index in [1.54, 1.807) is 30.3 Å². The molecule has 0 unspecified atom stereocenters. The summed E-state index contributed by atoms with van der Waals surface area (Å²) in [5, 5.41) is 6.14. The number of ether oxygens (including phenoxy) is 2. The molecule has 2 amide bonds. The highest BCUT2D eigenvalue weighted by Crippen LogP contribution is 2.26. The monoisotopic (exact) mass is 331 g/mol. The van der Waals surface area contributed by atoms with Crippen molar-refractivity contribution in [2.45, 2.75) is 6.54 Å². The Kier molecular flexibility index (Phi) is 5.95. The van der Waals surface area contributed by atoms with E-state index in [0.717, 1.165) is 0 Å². The van der Waals surface area contributed by atoms with Crippen molar-refractivity contribution in [3.05, 3.63) is 47.9 Å². The lowest BCUT2D eigenvalue weighted by atomic mass is 10.2. The van der Waals surface area contributed by atoms with Crippen LogP contribution >= 0.6 is 0 Å². The molecule has 1 aromatic heterocycles. The molecule has 0 aliphatic carbocycles. The summed E-state index contributed by atoms with van der Waals surface area (Å²) < 4.78 is 15.3. The van der Waals surface area contributed by atoms with Crippen molar-refractivity contribution in [2.75, 3.05) is 14.2 Å². The van der Waals surface area contributed by atoms with Gasteiger partial charge in [-0.1, -0.05) is 0 Å². The van der Waals surface area contributed by atoms with Gasteiger partial charge in [0.15, 0.2) is 11.5 Å². The van der Waals surface area contributed by atoms with E-state index in [2.05, 4.69) is 15.8 Å². The number of methoxy groups -OCH3 is 2. The molecule has 1 heterocycles. The van der Waals surface area contributed by atoms with E-state index in [9.17, 15) is 9.59 Å². The second-order valence-electron chi connectivity index (χ2n) is 4.58. The molecule has 8 heteroatoms. The number of rotatable bonds is 6. The molecule has 1 aromatic carbocycles. The maximum absolute atomic E-state index is 11.6. The second kappa shape index (κ2) is 8.37. The van der Waals surface area contributed by atoms with Crippen LogP contribution in [0.3, 0.4) is 0 Å². The zero-order valence-electron chi connectivity index (χ0n) is 13.2. The lowest BCUT2D eigenvalue weighted by molar-refractivity contribution is -0.139. The van der Waals surface area contributed by atoms with E-state index in [1.807, 2.05) is 0 Å². The first-order valence-electron chi connectivity index (χ1n) is 6.99. The highest BCUT2D eigenvalue weighted by molar-refractivity contribution is 6.35. The van der Waals surface area contributed by atoms with Gasteiger partial charge in [0.2, 0.25) is 0 Å². The Morgan fingerprint density at radius 2 is 1.96 bits per heavy atom. The third-order valence-electron chi connectivity index (χ3n) is 3.00. The van der Waals surface area contributed by atoms with Crippen LogP contribution in [0.5, 0.6) is 11.5 Å². The Morgan fingerprint density at radius 3 is 2.62 bits per heavy atom. The van der Waals surface area contributed by atoms with Crippen molar-refractivity contribution in [3.63, 3.8) is 0 Å². The van der Waals surface area contributed by atoms with Gasteiger partial charge in [-0.25, -0.2) is 5.43 Å². The van der Waals surface area contributed by atoms with Crippen LogP contribution in [0.4, 0.5) is 0 Å².